The van der Waals surface area contributed by atoms with Gasteiger partial charge in [-0.05, 0) is 37.0 Å². The van der Waals surface area contributed by atoms with Crippen molar-refractivity contribution in [1.29, 1.82) is 0 Å². The molecule has 2 rings (SSSR count). The predicted molar refractivity (Wildman–Crippen MR) is 72.6 cm³/mol. The number of anilines is 1. The van der Waals surface area contributed by atoms with Crippen molar-refractivity contribution in [3.05, 3.63) is 24.0 Å². The van der Waals surface area contributed by atoms with E-state index in [4.69, 9.17) is 5.73 Å². The van der Waals surface area contributed by atoms with Gasteiger partial charge in [0.1, 0.15) is 5.82 Å². The number of halogens is 1. The third kappa shape index (κ3) is 2.74. The Morgan fingerprint density at radius 3 is 2.63 bits per heavy atom. The molecule has 1 heterocycles. The molecule has 0 aromatic heterocycles. The summed E-state index contributed by atoms with van der Waals surface area (Å²) in [7, 11) is -3.66. The average molecular weight is 286 g/mol. The molecule has 19 heavy (non-hydrogen) atoms. The molecule has 0 saturated carbocycles. The van der Waals surface area contributed by atoms with Crippen LogP contribution in [0.3, 0.4) is 0 Å². The quantitative estimate of drug-likeness (QED) is 0.867. The Balaban J connectivity index is 2.42. The van der Waals surface area contributed by atoms with Gasteiger partial charge in [0.2, 0.25) is 10.0 Å². The van der Waals surface area contributed by atoms with Gasteiger partial charge in [-0.25, -0.2) is 12.8 Å². The second-order valence-electron chi connectivity index (χ2n) is 5.29. The fraction of sp³-hybridized carbons (Fsp3) is 0.538. The fourth-order valence-electron chi connectivity index (χ4n) is 2.60. The summed E-state index contributed by atoms with van der Waals surface area (Å²) in [6.07, 6.45) is 1.69. The zero-order chi connectivity index (χ0) is 14.2. The van der Waals surface area contributed by atoms with Gasteiger partial charge in [0.05, 0.1) is 4.90 Å². The summed E-state index contributed by atoms with van der Waals surface area (Å²) in [5.74, 6) is -0.387. The number of nitrogens with zero attached hydrogens (tertiary/aromatic N) is 1. The maximum Gasteiger partial charge on any atom is 0.243 e. The molecular formula is C13H19FN2O2S. The van der Waals surface area contributed by atoms with E-state index in [9.17, 15) is 12.8 Å². The molecule has 0 radical (unpaired) electrons. The molecule has 1 saturated heterocycles. The van der Waals surface area contributed by atoms with Crippen LogP contribution in [0.25, 0.3) is 0 Å². The lowest BCUT2D eigenvalue weighted by Gasteiger charge is -2.27. The first kappa shape index (κ1) is 14.3. The molecule has 2 N–H and O–H groups in total. The lowest BCUT2D eigenvalue weighted by atomic mass is 10.0. The van der Waals surface area contributed by atoms with Crippen molar-refractivity contribution in [2.45, 2.75) is 37.6 Å². The second-order valence-corrected chi connectivity index (χ2v) is 7.18. The van der Waals surface area contributed by atoms with Crippen LogP contribution in [0.15, 0.2) is 23.1 Å². The lowest BCUT2D eigenvalue weighted by molar-refractivity contribution is 0.315. The molecule has 1 unspecified atom stereocenters. The number of nitrogens with two attached hydrogens (primary N) is 1. The molecule has 0 spiro atoms. The molecular weight excluding hydrogens is 267 g/mol. The van der Waals surface area contributed by atoms with Crippen molar-refractivity contribution in [2.75, 3.05) is 12.3 Å². The van der Waals surface area contributed by atoms with Crippen LogP contribution >= 0.6 is 0 Å². The van der Waals surface area contributed by atoms with Gasteiger partial charge in [-0.1, -0.05) is 13.8 Å². The summed E-state index contributed by atoms with van der Waals surface area (Å²) in [5.41, 5.74) is 5.65. The molecule has 106 valence electrons. The molecule has 0 bridgehead atoms. The minimum atomic E-state index is -3.66. The molecule has 1 aliphatic heterocycles. The highest BCUT2D eigenvalue weighted by Gasteiger charge is 2.36. The lowest BCUT2D eigenvalue weighted by Crippen LogP contribution is -2.38. The van der Waals surface area contributed by atoms with E-state index in [0.717, 1.165) is 25.0 Å². The van der Waals surface area contributed by atoms with Crippen LogP contribution in [0.2, 0.25) is 0 Å². The van der Waals surface area contributed by atoms with Crippen molar-refractivity contribution in [3.63, 3.8) is 0 Å². The number of benzene rings is 1. The Labute approximate surface area is 113 Å². The zero-order valence-corrected chi connectivity index (χ0v) is 12.0. The Morgan fingerprint density at radius 1 is 1.37 bits per heavy atom. The SMILES string of the molecule is CC(C)C1CCCN1S(=O)(=O)c1cc(N)cc(F)c1. The van der Waals surface area contributed by atoms with Crippen molar-refractivity contribution in [1.82, 2.24) is 4.31 Å². The number of hydrogen-bond donors (Lipinski definition) is 1. The van der Waals surface area contributed by atoms with Crippen molar-refractivity contribution >= 4 is 15.7 Å². The minimum absolute atomic E-state index is 0.0190. The third-order valence-electron chi connectivity index (χ3n) is 3.52. The van der Waals surface area contributed by atoms with Gasteiger partial charge in [0, 0.05) is 18.3 Å². The van der Waals surface area contributed by atoms with Gasteiger partial charge in [-0.15, -0.1) is 0 Å². The van der Waals surface area contributed by atoms with Gasteiger partial charge < -0.3 is 5.73 Å². The Bertz CT molecular complexity index is 552. The van der Waals surface area contributed by atoms with Crippen LogP contribution in [-0.4, -0.2) is 25.3 Å². The molecule has 0 amide bonds. The van der Waals surface area contributed by atoms with Gasteiger partial charge in [0.15, 0.2) is 0 Å². The predicted octanol–water partition coefficient (Wildman–Crippen LogP) is 2.22. The van der Waals surface area contributed by atoms with Crippen molar-refractivity contribution < 1.29 is 12.8 Å². The van der Waals surface area contributed by atoms with Gasteiger partial charge in [-0.3, -0.25) is 0 Å². The normalized spacial score (nSPS) is 21.2. The van der Waals surface area contributed by atoms with Gasteiger partial charge in [0.25, 0.3) is 0 Å². The second kappa shape index (κ2) is 5.09. The summed E-state index contributed by atoms with van der Waals surface area (Å²) < 4.78 is 39.9. The highest BCUT2D eigenvalue weighted by atomic mass is 32.2. The first-order valence-corrected chi connectivity index (χ1v) is 7.84. The fourth-order valence-corrected chi connectivity index (χ4v) is 4.49. The first-order valence-electron chi connectivity index (χ1n) is 6.40. The Hall–Kier alpha value is -1.14. The molecule has 0 aliphatic carbocycles. The minimum Gasteiger partial charge on any atom is -0.399 e. The van der Waals surface area contributed by atoms with Gasteiger partial charge in [-0.2, -0.15) is 4.31 Å². The first-order chi connectivity index (χ1) is 8.82. The summed E-state index contributed by atoms with van der Waals surface area (Å²) in [5, 5.41) is 0. The average Bonchev–Trinajstić information content (AvgIpc) is 2.76. The van der Waals surface area contributed by atoms with Crippen LogP contribution in [0, 0.1) is 11.7 Å². The van der Waals surface area contributed by atoms with E-state index in [-0.39, 0.29) is 22.5 Å². The van der Waals surface area contributed by atoms with Crippen LogP contribution in [-0.2, 0) is 10.0 Å². The summed E-state index contributed by atoms with van der Waals surface area (Å²) in [6, 6.07) is 3.44. The Morgan fingerprint density at radius 2 is 2.05 bits per heavy atom. The third-order valence-corrected chi connectivity index (χ3v) is 5.42. The summed E-state index contributed by atoms with van der Waals surface area (Å²) in [6.45, 7) is 4.48. The van der Waals surface area contributed by atoms with E-state index in [1.165, 1.54) is 10.4 Å². The number of rotatable bonds is 3. The van der Waals surface area contributed by atoms with Crippen molar-refractivity contribution in [3.8, 4) is 0 Å². The van der Waals surface area contributed by atoms with Crippen LogP contribution in [0.5, 0.6) is 0 Å². The molecule has 4 nitrogen and oxygen atoms in total. The van der Waals surface area contributed by atoms with E-state index in [2.05, 4.69) is 0 Å². The number of sulfonamides is 1. The molecule has 1 aromatic carbocycles. The number of hydrogen-bond acceptors (Lipinski definition) is 3. The molecule has 6 heteroatoms. The van der Waals surface area contributed by atoms with E-state index in [1.54, 1.807) is 0 Å². The standard InChI is InChI=1S/C13H19FN2O2S/c1-9(2)13-4-3-5-16(13)19(17,18)12-7-10(14)6-11(15)8-12/h6-9,13H,3-5,15H2,1-2H3. The van der Waals surface area contributed by atoms with Crippen molar-refractivity contribution in [2.24, 2.45) is 5.92 Å². The smallest absolute Gasteiger partial charge is 0.243 e. The Kier molecular flexibility index (Phi) is 3.82. The molecule has 1 aliphatic rings. The zero-order valence-electron chi connectivity index (χ0n) is 11.1. The summed E-state index contributed by atoms with van der Waals surface area (Å²) in [4.78, 5) is -0.0578. The highest BCUT2D eigenvalue weighted by Crippen LogP contribution is 2.30. The van der Waals surface area contributed by atoms with Crippen LogP contribution < -0.4 is 5.73 Å². The van der Waals surface area contributed by atoms with Crippen LogP contribution in [0.1, 0.15) is 26.7 Å². The summed E-state index contributed by atoms with van der Waals surface area (Å²) >= 11 is 0. The largest absolute Gasteiger partial charge is 0.399 e. The van der Waals surface area contributed by atoms with E-state index >= 15 is 0 Å². The molecule has 1 atom stereocenters. The van der Waals surface area contributed by atoms with E-state index in [1.807, 2.05) is 13.8 Å². The number of nitrogen functional groups attached to an aromatic ring is 1. The van der Waals surface area contributed by atoms with E-state index < -0.39 is 15.8 Å². The van der Waals surface area contributed by atoms with Crippen LogP contribution in [0.4, 0.5) is 10.1 Å². The van der Waals surface area contributed by atoms with Gasteiger partial charge >= 0.3 is 0 Å². The monoisotopic (exact) mass is 286 g/mol. The maximum absolute atomic E-state index is 13.3. The van der Waals surface area contributed by atoms with E-state index in [0.29, 0.717) is 6.54 Å². The molecule has 1 aromatic rings. The molecule has 1 fully saturated rings. The topological polar surface area (TPSA) is 63.4 Å². The maximum atomic E-state index is 13.3. The highest BCUT2D eigenvalue weighted by molar-refractivity contribution is 7.89.